The summed E-state index contributed by atoms with van der Waals surface area (Å²) in [6, 6.07) is 23.5. The molecule has 0 unspecified atom stereocenters. The van der Waals surface area contributed by atoms with Crippen molar-refractivity contribution in [1.29, 1.82) is 0 Å². The van der Waals surface area contributed by atoms with Crippen molar-refractivity contribution < 1.29 is 9.53 Å². The van der Waals surface area contributed by atoms with Gasteiger partial charge in [-0.05, 0) is 48.5 Å². The van der Waals surface area contributed by atoms with E-state index in [4.69, 9.17) is 4.74 Å². The molecule has 0 bridgehead atoms. The van der Waals surface area contributed by atoms with E-state index >= 15 is 0 Å². The average Bonchev–Trinajstić information content (AvgIpc) is 3.35. The van der Waals surface area contributed by atoms with Crippen molar-refractivity contribution in [1.82, 2.24) is 25.0 Å². The summed E-state index contributed by atoms with van der Waals surface area (Å²) in [4.78, 5) is 16.9. The van der Waals surface area contributed by atoms with E-state index in [1.807, 2.05) is 36.4 Å². The Labute approximate surface area is 177 Å². The third-order valence-corrected chi connectivity index (χ3v) is 4.53. The highest BCUT2D eigenvalue weighted by Gasteiger charge is 2.09. The highest BCUT2D eigenvalue weighted by molar-refractivity contribution is 6.04. The summed E-state index contributed by atoms with van der Waals surface area (Å²) in [7, 11) is 0. The zero-order valence-corrected chi connectivity index (χ0v) is 16.2. The average molecular weight is 408 g/mol. The fourth-order valence-corrected chi connectivity index (χ4v) is 3.01. The molecule has 3 aromatic heterocycles. The van der Waals surface area contributed by atoms with Gasteiger partial charge in [-0.3, -0.25) is 4.79 Å². The zero-order valence-electron chi connectivity index (χ0n) is 16.2. The molecule has 8 heteroatoms. The predicted octanol–water partition coefficient (Wildman–Crippen LogP) is 4.26. The third kappa shape index (κ3) is 4.08. The van der Waals surface area contributed by atoms with Crippen LogP contribution in [-0.4, -0.2) is 30.9 Å². The van der Waals surface area contributed by atoms with Crippen molar-refractivity contribution in [3.05, 3.63) is 97.0 Å². The molecule has 0 aliphatic heterocycles. The first kappa shape index (κ1) is 18.4. The van der Waals surface area contributed by atoms with Gasteiger partial charge < -0.3 is 10.1 Å². The molecule has 0 atom stereocenters. The molecule has 1 N–H and O–H groups in total. The Morgan fingerprint density at radius 1 is 0.871 bits per heavy atom. The van der Waals surface area contributed by atoms with E-state index in [1.165, 1.54) is 0 Å². The normalized spacial score (nSPS) is 10.7. The number of carbonyl (C=O) groups excluding carboxylic acids is 1. The lowest BCUT2D eigenvalue weighted by atomic mass is 10.2. The van der Waals surface area contributed by atoms with E-state index < -0.39 is 0 Å². The van der Waals surface area contributed by atoms with Crippen molar-refractivity contribution in [2.24, 2.45) is 0 Å². The number of rotatable bonds is 5. The van der Waals surface area contributed by atoms with Crippen LogP contribution in [0.1, 0.15) is 10.5 Å². The minimum Gasteiger partial charge on any atom is -0.438 e. The van der Waals surface area contributed by atoms with Crippen molar-refractivity contribution in [2.75, 3.05) is 5.32 Å². The van der Waals surface area contributed by atoms with Gasteiger partial charge in [-0.15, -0.1) is 10.2 Å². The monoisotopic (exact) mass is 408 g/mol. The Bertz CT molecular complexity index is 1330. The number of nitrogens with zero attached hydrogens (tertiary/aromatic N) is 5. The second-order valence-electron chi connectivity index (χ2n) is 6.65. The lowest BCUT2D eigenvalue weighted by molar-refractivity contribution is 0.102. The van der Waals surface area contributed by atoms with Gasteiger partial charge in [-0.2, -0.15) is 5.10 Å². The minimum atomic E-state index is -0.278. The predicted molar refractivity (Wildman–Crippen MR) is 115 cm³/mol. The Balaban J connectivity index is 1.24. The van der Waals surface area contributed by atoms with Crippen LogP contribution in [0.5, 0.6) is 11.6 Å². The van der Waals surface area contributed by atoms with Gasteiger partial charge in [0.25, 0.3) is 5.91 Å². The van der Waals surface area contributed by atoms with Gasteiger partial charge in [0.15, 0.2) is 5.82 Å². The highest BCUT2D eigenvalue weighted by Crippen LogP contribution is 2.22. The molecule has 0 fully saturated rings. The lowest BCUT2D eigenvalue weighted by Gasteiger charge is -2.08. The standard InChI is InChI=1S/C23H16N6O2/c30-23(20-11-6-16-4-1-2-5-19(16)26-20)25-17-7-9-18(10-8-17)31-22-13-12-21(27-28-22)29-15-3-14-24-29/h1-15H,(H,25,30). The summed E-state index contributed by atoms with van der Waals surface area (Å²) >= 11 is 0. The van der Waals surface area contributed by atoms with E-state index in [0.717, 1.165) is 10.9 Å². The fraction of sp³-hybridized carbons (Fsp3) is 0. The molecule has 1 amide bonds. The number of hydrogen-bond acceptors (Lipinski definition) is 6. The van der Waals surface area contributed by atoms with Gasteiger partial charge >= 0.3 is 0 Å². The molecule has 0 spiro atoms. The van der Waals surface area contributed by atoms with Crippen molar-refractivity contribution in [3.8, 4) is 17.4 Å². The molecule has 2 aromatic carbocycles. The first-order valence-electron chi connectivity index (χ1n) is 9.53. The molecule has 0 radical (unpaired) electrons. The molecule has 5 rings (SSSR count). The first-order valence-corrected chi connectivity index (χ1v) is 9.53. The summed E-state index contributed by atoms with van der Waals surface area (Å²) < 4.78 is 7.32. The van der Waals surface area contributed by atoms with Gasteiger partial charge in [0.05, 0.1) is 5.52 Å². The third-order valence-electron chi connectivity index (χ3n) is 4.53. The van der Waals surface area contributed by atoms with Crippen molar-refractivity contribution >= 4 is 22.5 Å². The van der Waals surface area contributed by atoms with Gasteiger partial charge in [0, 0.05) is 29.5 Å². The summed E-state index contributed by atoms with van der Waals surface area (Å²) in [6.45, 7) is 0. The maximum Gasteiger partial charge on any atom is 0.274 e. The summed E-state index contributed by atoms with van der Waals surface area (Å²) in [6.07, 6.45) is 3.45. The lowest BCUT2D eigenvalue weighted by Crippen LogP contribution is -2.13. The number of ether oxygens (including phenoxy) is 1. The van der Waals surface area contributed by atoms with Crippen LogP contribution in [0.25, 0.3) is 16.7 Å². The van der Waals surface area contributed by atoms with Crippen LogP contribution < -0.4 is 10.1 Å². The molecular weight excluding hydrogens is 392 g/mol. The maximum absolute atomic E-state index is 12.5. The Hall–Kier alpha value is -4.59. The van der Waals surface area contributed by atoms with E-state index in [9.17, 15) is 4.79 Å². The van der Waals surface area contributed by atoms with Crippen LogP contribution in [0, 0.1) is 0 Å². The van der Waals surface area contributed by atoms with Gasteiger partial charge in [-0.1, -0.05) is 24.3 Å². The first-order chi connectivity index (χ1) is 15.2. The van der Waals surface area contributed by atoms with E-state index in [2.05, 4.69) is 25.6 Å². The molecule has 8 nitrogen and oxygen atoms in total. The summed E-state index contributed by atoms with van der Waals surface area (Å²) in [5, 5.41) is 16.1. The molecule has 0 aliphatic rings. The number of aromatic nitrogens is 5. The van der Waals surface area contributed by atoms with Gasteiger partial charge in [0.2, 0.25) is 5.88 Å². The second kappa shape index (κ2) is 8.03. The number of nitrogens with one attached hydrogen (secondary N) is 1. The van der Waals surface area contributed by atoms with Crippen LogP contribution >= 0.6 is 0 Å². The highest BCUT2D eigenvalue weighted by atomic mass is 16.5. The van der Waals surface area contributed by atoms with E-state index in [1.54, 1.807) is 59.5 Å². The minimum absolute atomic E-state index is 0.278. The van der Waals surface area contributed by atoms with Gasteiger partial charge in [-0.25, -0.2) is 9.67 Å². The van der Waals surface area contributed by atoms with Crippen LogP contribution in [0.4, 0.5) is 5.69 Å². The van der Waals surface area contributed by atoms with Crippen LogP contribution in [0.2, 0.25) is 0 Å². The topological polar surface area (TPSA) is 94.8 Å². The molecule has 150 valence electrons. The number of para-hydroxylation sites is 1. The maximum atomic E-state index is 12.5. The quantitative estimate of drug-likeness (QED) is 0.467. The Morgan fingerprint density at radius 2 is 1.74 bits per heavy atom. The smallest absolute Gasteiger partial charge is 0.274 e. The Kier molecular flexibility index (Phi) is 4.78. The largest absolute Gasteiger partial charge is 0.438 e. The van der Waals surface area contributed by atoms with Crippen molar-refractivity contribution in [3.63, 3.8) is 0 Å². The number of benzene rings is 2. The molecule has 3 heterocycles. The number of anilines is 1. The number of hydrogen-bond donors (Lipinski definition) is 1. The van der Waals surface area contributed by atoms with Crippen molar-refractivity contribution in [2.45, 2.75) is 0 Å². The number of fused-ring (bicyclic) bond motifs is 1. The molecule has 5 aromatic rings. The fourth-order valence-electron chi connectivity index (χ4n) is 3.01. The van der Waals surface area contributed by atoms with Crippen LogP contribution in [-0.2, 0) is 0 Å². The SMILES string of the molecule is O=C(Nc1ccc(Oc2ccc(-n3cccn3)nn2)cc1)c1ccc2ccccc2n1. The zero-order chi connectivity index (χ0) is 21.0. The number of carbonyl (C=O) groups is 1. The molecule has 31 heavy (non-hydrogen) atoms. The second-order valence-corrected chi connectivity index (χ2v) is 6.65. The molecule has 0 aliphatic carbocycles. The van der Waals surface area contributed by atoms with Crippen LogP contribution in [0.15, 0.2) is 91.3 Å². The van der Waals surface area contributed by atoms with E-state index in [0.29, 0.717) is 28.8 Å². The van der Waals surface area contributed by atoms with Crippen LogP contribution in [0.3, 0.4) is 0 Å². The Morgan fingerprint density at radius 3 is 2.52 bits per heavy atom. The summed E-state index contributed by atoms with van der Waals surface area (Å²) in [5.41, 5.74) is 1.76. The number of pyridine rings is 1. The summed E-state index contributed by atoms with van der Waals surface area (Å²) in [5.74, 6) is 1.24. The molecule has 0 saturated heterocycles. The molecular formula is C23H16N6O2. The van der Waals surface area contributed by atoms with Gasteiger partial charge in [0.1, 0.15) is 11.4 Å². The van der Waals surface area contributed by atoms with E-state index in [-0.39, 0.29) is 5.91 Å². The number of amides is 1. The molecule has 0 saturated carbocycles.